The lowest BCUT2D eigenvalue weighted by Crippen LogP contribution is -2.10. The SMILES string of the molecule is CC(C)(C)c1ccc(-c2cccc(-c3cccc4c3Cc3c(-c5cccc(-c6ccc7c8ccccc8c8ccccc8c7c6)c5)cccc3-4)c2)cc1. The van der Waals surface area contributed by atoms with Gasteiger partial charge in [-0.1, -0.05) is 178 Å². The summed E-state index contributed by atoms with van der Waals surface area (Å²) in [5.41, 5.74) is 17.2. The van der Waals surface area contributed by atoms with Crippen LogP contribution in [-0.4, -0.2) is 0 Å². The first kappa shape index (κ1) is 31.5. The van der Waals surface area contributed by atoms with Gasteiger partial charge in [0, 0.05) is 0 Å². The van der Waals surface area contributed by atoms with E-state index in [0.29, 0.717) is 0 Å². The van der Waals surface area contributed by atoms with Crippen molar-refractivity contribution >= 4 is 32.3 Å². The van der Waals surface area contributed by atoms with Crippen molar-refractivity contribution in [3.8, 4) is 55.6 Å². The van der Waals surface area contributed by atoms with E-state index < -0.39 is 0 Å². The van der Waals surface area contributed by atoms with E-state index in [0.717, 1.165) is 6.42 Å². The van der Waals surface area contributed by atoms with E-state index in [1.807, 2.05) is 0 Å². The molecule has 0 N–H and O–H groups in total. The molecule has 252 valence electrons. The van der Waals surface area contributed by atoms with E-state index in [1.54, 1.807) is 0 Å². The van der Waals surface area contributed by atoms with Gasteiger partial charge in [-0.05, 0) is 135 Å². The van der Waals surface area contributed by atoms with Crippen LogP contribution in [0.3, 0.4) is 0 Å². The van der Waals surface area contributed by atoms with E-state index in [1.165, 1.54) is 105 Å². The summed E-state index contributed by atoms with van der Waals surface area (Å²) >= 11 is 0. The van der Waals surface area contributed by atoms with Gasteiger partial charge < -0.3 is 0 Å². The average molecular weight is 677 g/mol. The fraction of sp³-hybridized carbons (Fsp3) is 0.0943. The van der Waals surface area contributed by atoms with E-state index in [9.17, 15) is 0 Å². The maximum absolute atomic E-state index is 2.40. The molecule has 0 aromatic heterocycles. The van der Waals surface area contributed by atoms with Gasteiger partial charge >= 0.3 is 0 Å². The van der Waals surface area contributed by atoms with Crippen molar-refractivity contribution in [1.82, 2.24) is 0 Å². The summed E-state index contributed by atoms with van der Waals surface area (Å²) in [6.07, 6.45) is 0.917. The molecule has 1 aliphatic carbocycles. The quantitative estimate of drug-likeness (QED) is 0.163. The standard InChI is InChI=1S/C53H40/c1-53(2,3)40-27-24-34(25-28-40)35-12-8-14-38(30-35)41-20-10-22-47-48-23-11-21-42(52(48)33-51(41)47)39-15-9-13-36(31-39)37-26-29-49-45-18-5-4-16-43(45)44-17-6-7-19-46(44)50(49)32-37/h4-32H,33H2,1-3H3. The highest BCUT2D eigenvalue weighted by atomic mass is 14.3. The van der Waals surface area contributed by atoms with Crippen LogP contribution in [0.2, 0.25) is 0 Å². The first-order chi connectivity index (χ1) is 25.9. The maximum atomic E-state index is 2.40. The van der Waals surface area contributed by atoms with Gasteiger partial charge in [-0.2, -0.15) is 0 Å². The van der Waals surface area contributed by atoms with Gasteiger partial charge in [0.15, 0.2) is 0 Å². The molecule has 0 heterocycles. The number of benzene rings is 9. The molecular formula is C53H40. The zero-order valence-corrected chi connectivity index (χ0v) is 30.5. The Labute approximate surface area is 312 Å². The van der Waals surface area contributed by atoms with Crippen LogP contribution < -0.4 is 0 Å². The summed E-state index contributed by atoms with van der Waals surface area (Å²) in [5, 5.41) is 7.83. The molecule has 9 aromatic rings. The maximum Gasteiger partial charge on any atom is -0.000112 e. The average Bonchev–Trinajstić information content (AvgIpc) is 3.60. The molecule has 0 saturated carbocycles. The summed E-state index contributed by atoms with van der Waals surface area (Å²) in [6, 6.07) is 65.7. The number of fused-ring (bicyclic) bond motifs is 9. The molecule has 0 nitrogen and oxygen atoms in total. The van der Waals surface area contributed by atoms with Crippen LogP contribution >= 0.6 is 0 Å². The molecule has 0 radical (unpaired) electrons. The van der Waals surface area contributed by atoms with Crippen molar-refractivity contribution in [2.24, 2.45) is 0 Å². The summed E-state index contributed by atoms with van der Waals surface area (Å²) in [5.74, 6) is 0. The van der Waals surface area contributed by atoms with E-state index in [2.05, 4.69) is 197 Å². The monoisotopic (exact) mass is 676 g/mol. The number of hydrogen-bond donors (Lipinski definition) is 0. The molecule has 0 spiro atoms. The molecule has 0 bridgehead atoms. The minimum absolute atomic E-state index is 0.141. The second-order valence-corrected chi connectivity index (χ2v) is 15.7. The molecule has 0 amide bonds. The highest BCUT2D eigenvalue weighted by Crippen LogP contribution is 2.46. The fourth-order valence-electron chi connectivity index (χ4n) is 8.76. The molecule has 10 rings (SSSR count). The Morgan fingerprint density at radius 3 is 1.23 bits per heavy atom. The third-order valence-electron chi connectivity index (χ3n) is 11.5. The number of hydrogen-bond acceptors (Lipinski definition) is 0. The van der Waals surface area contributed by atoms with Gasteiger partial charge in [0.1, 0.15) is 0 Å². The van der Waals surface area contributed by atoms with Crippen LogP contribution in [0.5, 0.6) is 0 Å². The second-order valence-electron chi connectivity index (χ2n) is 15.7. The van der Waals surface area contributed by atoms with Crippen LogP contribution in [0, 0.1) is 0 Å². The van der Waals surface area contributed by atoms with Crippen LogP contribution in [-0.2, 0) is 11.8 Å². The molecule has 9 aromatic carbocycles. The highest BCUT2D eigenvalue weighted by molar-refractivity contribution is 6.25. The first-order valence-corrected chi connectivity index (χ1v) is 18.8. The molecule has 0 fully saturated rings. The Morgan fingerprint density at radius 2 is 0.698 bits per heavy atom. The van der Waals surface area contributed by atoms with Crippen molar-refractivity contribution in [2.45, 2.75) is 32.6 Å². The van der Waals surface area contributed by atoms with Crippen molar-refractivity contribution in [1.29, 1.82) is 0 Å². The van der Waals surface area contributed by atoms with Gasteiger partial charge in [0.2, 0.25) is 0 Å². The smallest absolute Gasteiger partial charge is 0.000112 e. The zero-order valence-electron chi connectivity index (χ0n) is 30.5. The van der Waals surface area contributed by atoms with Gasteiger partial charge in [-0.3, -0.25) is 0 Å². The Morgan fingerprint density at radius 1 is 0.302 bits per heavy atom. The predicted octanol–water partition coefficient (Wildman–Crippen LogP) is 14.7. The zero-order chi connectivity index (χ0) is 35.7. The van der Waals surface area contributed by atoms with E-state index in [-0.39, 0.29) is 5.41 Å². The first-order valence-electron chi connectivity index (χ1n) is 18.8. The van der Waals surface area contributed by atoms with Gasteiger partial charge in [0.05, 0.1) is 0 Å². The van der Waals surface area contributed by atoms with E-state index >= 15 is 0 Å². The summed E-state index contributed by atoms with van der Waals surface area (Å²) in [4.78, 5) is 0. The summed E-state index contributed by atoms with van der Waals surface area (Å²) in [7, 11) is 0. The van der Waals surface area contributed by atoms with Crippen LogP contribution in [0.1, 0.15) is 37.5 Å². The summed E-state index contributed by atoms with van der Waals surface area (Å²) in [6.45, 7) is 6.81. The lowest BCUT2D eigenvalue weighted by molar-refractivity contribution is 0.590. The van der Waals surface area contributed by atoms with Gasteiger partial charge in [-0.25, -0.2) is 0 Å². The molecule has 0 saturated heterocycles. The lowest BCUT2D eigenvalue weighted by Gasteiger charge is -2.19. The van der Waals surface area contributed by atoms with Gasteiger partial charge in [0.25, 0.3) is 0 Å². The predicted molar refractivity (Wildman–Crippen MR) is 228 cm³/mol. The fourth-order valence-corrected chi connectivity index (χ4v) is 8.76. The molecular weight excluding hydrogens is 637 g/mol. The van der Waals surface area contributed by atoms with Crippen LogP contribution in [0.25, 0.3) is 88.0 Å². The third-order valence-corrected chi connectivity index (χ3v) is 11.5. The Kier molecular flexibility index (Phi) is 7.24. The van der Waals surface area contributed by atoms with Crippen LogP contribution in [0.4, 0.5) is 0 Å². The normalized spacial score (nSPS) is 12.4. The van der Waals surface area contributed by atoms with Crippen molar-refractivity contribution in [3.05, 3.63) is 193 Å². The lowest BCUT2D eigenvalue weighted by atomic mass is 9.86. The Balaban J connectivity index is 1.02. The molecule has 0 aliphatic heterocycles. The van der Waals surface area contributed by atoms with Gasteiger partial charge in [-0.15, -0.1) is 0 Å². The molecule has 0 unspecified atom stereocenters. The van der Waals surface area contributed by atoms with Crippen LogP contribution in [0.15, 0.2) is 176 Å². The third kappa shape index (κ3) is 5.29. The summed E-state index contributed by atoms with van der Waals surface area (Å²) < 4.78 is 0. The van der Waals surface area contributed by atoms with Crippen molar-refractivity contribution < 1.29 is 0 Å². The molecule has 53 heavy (non-hydrogen) atoms. The van der Waals surface area contributed by atoms with Crippen molar-refractivity contribution in [3.63, 3.8) is 0 Å². The highest BCUT2D eigenvalue weighted by Gasteiger charge is 2.25. The van der Waals surface area contributed by atoms with Crippen molar-refractivity contribution in [2.75, 3.05) is 0 Å². The Hall–Kier alpha value is -6.24. The number of rotatable bonds is 4. The molecule has 0 heteroatoms. The second kappa shape index (κ2) is 12.2. The minimum atomic E-state index is 0.141. The van der Waals surface area contributed by atoms with E-state index in [4.69, 9.17) is 0 Å². The minimum Gasteiger partial charge on any atom is -0.0616 e. The largest absolute Gasteiger partial charge is 0.0616 e. The Bertz CT molecular complexity index is 2840. The topological polar surface area (TPSA) is 0 Å². The molecule has 0 atom stereocenters. The molecule has 1 aliphatic rings.